The lowest BCUT2D eigenvalue weighted by Crippen LogP contribution is -2.32. The third-order valence-electron chi connectivity index (χ3n) is 3.42. The molecule has 0 amide bonds. The fourth-order valence-electron chi connectivity index (χ4n) is 2.11. The van der Waals surface area contributed by atoms with Gasteiger partial charge < -0.3 is 5.11 Å². The zero-order chi connectivity index (χ0) is 9.36. The molecule has 3 heteroatoms. The molecule has 2 aliphatic carbocycles. The predicted molar refractivity (Wildman–Crippen MR) is 64.5 cm³/mol. The van der Waals surface area contributed by atoms with Gasteiger partial charge in [0, 0.05) is 21.2 Å². The monoisotopic (exact) mass is 308 g/mol. The van der Waals surface area contributed by atoms with Crippen LogP contribution in [0.25, 0.3) is 0 Å². The molecule has 0 aromatic heterocycles. The zero-order valence-corrected chi connectivity index (χ0v) is 10.5. The van der Waals surface area contributed by atoms with Gasteiger partial charge in [0.05, 0.1) is 0 Å². The van der Waals surface area contributed by atoms with Gasteiger partial charge in [0.2, 0.25) is 0 Å². The minimum absolute atomic E-state index is 0.644. The molecule has 0 heterocycles. The van der Waals surface area contributed by atoms with Gasteiger partial charge in [-0.2, -0.15) is 0 Å². The molecule has 0 aromatic carbocycles. The molecule has 0 saturated heterocycles. The molecule has 1 nitrogen and oxygen atoms in total. The van der Waals surface area contributed by atoms with Crippen LogP contribution in [0.4, 0.5) is 0 Å². The van der Waals surface area contributed by atoms with Crippen LogP contribution < -0.4 is 0 Å². The maximum atomic E-state index is 10.1. The highest BCUT2D eigenvalue weighted by molar-refractivity contribution is 14.2. The second-order valence-electron chi connectivity index (χ2n) is 4.34. The van der Waals surface area contributed by atoms with E-state index in [0.717, 1.165) is 12.8 Å². The number of hydrogen-bond acceptors (Lipinski definition) is 2. The van der Waals surface area contributed by atoms with Gasteiger partial charge in [-0.15, -0.1) is 0 Å². The Morgan fingerprint density at radius 1 is 1.08 bits per heavy atom. The first-order chi connectivity index (χ1) is 6.18. The molecule has 72 valence electrons. The largest absolute Gasteiger partial charge is 0.378 e. The van der Waals surface area contributed by atoms with Crippen LogP contribution >= 0.6 is 30.1 Å². The molecule has 0 aromatic rings. The van der Waals surface area contributed by atoms with Crippen molar-refractivity contribution in [1.29, 1.82) is 0 Å². The fraction of sp³-hybridized carbons (Fsp3) is 0.800. The lowest BCUT2D eigenvalue weighted by molar-refractivity contribution is 0.0391. The standard InChI is InChI=1S/C10H13IOS/c11-13-8-7-10(12)5-3-9(1-2-9)4-6-10/h12H,1-6H2. The summed E-state index contributed by atoms with van der Waals surface area (Å²) in [5.74, 6) is 2.97. The summed E-state index contributed by atoms with van der Waals surface area (Å²) in [6, 6.07) is 0. The minimum Gasteiger partial charge on any atom is -0.378 e. The number of hydrogen-bond donors (Lipinski definition) is 1. The van der Waals surface area contributed by atoms with E-state index in [1.807, 2.05) is 0 Å². The Hall–Kier alpha value is 0.600. The van der Waals surface area contributed by atoms with Crippen LogP contribution in [-0.2, 0) is 0 Å². The molecule has 0 atom stereocenters. The van der Waals surface area contributed by atoms with Gasteiger partial charge in [0.15, 0.2) is 0 Å². The van der Waals surface area contributed by atoms with Gasteiger partial charge in [-0.25, -0.2) is 0 Å². The molecule has 0 unspecified atom stereocenters. The normalized spacial score (nSPS) is 27.8. The summed E-state index contributed by atoms with van der Waals surface area (Å²) in [5.41, 5.74) is -0.0165. The first kappa shape index (κ1) is 10.1. The average Bonchev–Trinajstić information content (AvgIpc) is 2.89. The van der Waals surface area contributed by atoms with Crippen molar-refractivity contribution in [3.05, 3.63) is 0 Å². The van der Waals surface area contributed by atoms with Gasteiger partial charge in [0.1, 0.15) is 5.60 Å². The SMILES string of the molecule is OC1(C#CSI)CCC2(CC1)CC2. The molecule has 13 heavy (non-hydrogen) atoms. The Bertz CT molecular complexity index is 252. The number of aliphatic hydroxyl groups is 1. The number of halogens is 1. The van der Waals surface area contributed by atoms with Crippen LogP contribution in [0.1, 0.15) is 38.5 Å². The van der Waals surface area contributed by atoms with Crippen molar-refractivity contribution in [3.8, 4) is 11.2 Å². The predicted octanol–water partition coefficient (Wildman–Crippen LogP) is 3.12. The summed E-state index contributed by atoms with van der Waals surface area (Å²) >= 11 is 2.14. The Balaban J connectivity index is 1.95. The van der Waals surface area contributed by atoms with Crippen LogP contribution in [0.3, 0.4) is 0 Å². The van der Waals surface area contributed by atoms with Gasteiger partial charge >= 0.3 is 0 Å². The molecule has 2 rings (SSSR count). The maximum Gasteiger partial charge on any atom is 0.126 e. The molecule has 1 N–H and O–H groups in total. The molecule has 2 aliphatic rings. The first-order valence-electron chi connectivity index (χ1n) is 4.70. The molecule has 0 radical (unpaired) electrons. The Morgan fingerprint density at radius 3 is 2.08 bits per heavy atom. The number of rotatable bonds is 0. The van der Waals surface area contributed by atoms with E-state index in [-0.39, 0.29) is 0 Å². The molecule has 0 bridgehead atoms. The molecular weight excluding hydrogens is 295 g/mol. The van der Waals surface area contributed by atoms with E-state index in [2.05, 4.69) is 32.4 Å². The highest BCUT2D eigenvalue weighted by Crippen LogP contribution is 2.57. The highest BCUT2D eigenvalue weighted by atomic mass is 127. The average molecular weight is 308 g/mol. The Labute approximate surface area is 95.6 Å². The summed E-state index contributed by atoms with van der Waals surface area (Å²) < 4.78 is 0. The van der Waals surface area contributed by atoms with Crippen LogP contribution in [0, 0.1) is 16.6 Å². The molecule has 1 spiro atoms. The van der Waals surface area contributed by atoms with Crippen LogP contribution in [0.5, 0.6) is 0 Å². The third-order valence-corrected chi connectivity index (χ3v) is 4.26. The zero-order valence-electron chi connectivity index (χ0n) is 7.48. The van der Waals surface area contributed by atoms with E-state index in [4.69, 9.17) is 0 Å². The lowest BCUT2D eigenvalue weighted by atomic mass is 9.77. The topological polar surface area (TPSA) is 20.2 Å². The van der Waals surface area contributed by atoms with Crippen LogP contribution in [0.2, 0.25) is 0 Å². The van der Waals surface area contributed by atoms with Crippen molar-refractivity contribution in [2.45, 2.75) is 44.1 Å². The smallest absolute Gasteiger partial charge is 0.126 e. The van der Waals surface area contributed by atoms with Crippen molar-refractivity contribution >= 4 is 30.1 Å². The van der Waals surface area contributed by atoms with Crippen LogP contribution in [-0.4, -0.2) is 10.7 Å². The van der Waals surface area contributed by atoms with Crippen LogP contribution in [0.15, 0.2) is 0 Å². The first-order valence-corrected chi connectivity index (χ1v) is 8.06. The second kappa shape index (κ2) is 3.63. The summed E-state index contributed by atoms with van der Waals surface area (Å²) in [6.07, 6.45) is 6.91. The van der Waals surface area contributed by atoms with E-state index in [9.17, 15) is 5.11 Å². The Kier molecular flexibility index (Phi) is 2.83. The van der Waals surface area contributed by atoms with Crippen molar-refractivity contribution in [3.63, 3.8) is 0 Å². The molecule has 0 aliphatic heterocycles. The fourth-order valence-corrected chi connectivity index (χ4v) is 2.67. The summed E-state index contributed by atoms with van der Waals surface area (Å²) in [6.45, 7) is 0. The van der Waals surface area contributed by atoms with E-state index in [1.165, 1.54) is 34.6 Å². The maximum absolute atomic E-state index is 10.1. The van der Waals surface area contributed by atoms with E-state index in [1.54, 1.807) is 0 Å². The summed E-state index contributed by atoms with van der Waals surface area (Å²) in [5, 5.41) is 13.0. The van der Waals surface area contributed by atoms with Gasteiger partial charge in [-0.3, -0.25) is 0 Å². The minimum atomic E-state index is -0.661. The van der Waals surface area contributed by atoms with Crippen molar-refractivity contribution in [2.24, 2.45) is 5.41 Å². The summed E-state index contributed by atoms with van der Waals surface area (Å²) in [7, 11) is 1.46. The Morgan fingerprint density at radius 2 is 1.62 bits per heavy atom. The molecule has 2 fully saturated rings. The lowest BCUT2D eigenvalue weighted by Gasteiger charge is -2.32. The van der Waals surface area contributed by atoms with Crippen molar-refractivity contribution in [2.75, 3.05) is 0 Å². The molecule has 2 saturated carbocycles. The quantitative estimate of drug-likeness (QED) is 0.548. The van der Waals surface area contributed by atoms with Crippen molar-refractivity contribution in [1.82, 2.24) is 0 Å². The third kappa shape index (κ3) is 2.34. The van der Waals surface area contributed by atoms with Gasteiger partial charge in [0.25, 0.3) is 0 Å². The second-order valence-corrected chi connectivity index (χ2v) is 6.02. The van der Waals surface area contributed by atoms with Crippen molar-refractivity contribution < 1.29 is 5.11 Å². The van der Waals surface area contributed by atoms with Gasteiger partial charge in [-0.1, -0.05) is 5.92 Å². The summed E-state index contributed by atoms with van der Waals surface area (Å²) in [4.78, 5) is 0. The van der Waals surface area contributed by atoms with Gasteiger partial charge in [-0.05, 0) is 58.1 Å². The van der Waals surface area contributed by atoms with E-state index >= 15 is 0 Å². The van der Waals surface area contributed by atoms with E-state index in [0.29, 0.717) is 5.41 Å². The highest BCUT2D eigenvalue weighted by Gasteiger charge is 2.48. The molecular formula is C10H13IOS. The van der Waals surface area contributed by atoms with E-state index < -0.39 is 5.60 Å².